The number of carbonyl (C=O) groups excluding carboxylic acids is 1. The molecule has 0 aliphatic heterocycles. The molecule has 0 atom stereocenters. The monoisotopic (exact) mass is 408 g/mol. The summed E-state index contributed by atoms with van der Waals surface area (Å²) < 4.78 is 1.13. The molecule has 2 amide bonds. The van der Waals surface area contributed by atoms with E-state index in [-0.39, 0.29) is 6.03 Å². The molecule has 0 aliphatic rings. The summed E-state index contributed by atoms with van der Waals surface area (Å²) in [6.07, 6.45) is 1.67. The van der Waals surface area contributed by atoms with Crippen molar-refractivity contribution in [3.05, 3.63) is 64.6 Å². The number of fused-ring (bicyclic) bond motifs is 1. The molecule has 28 heavy (non-hydrogen) atoms. The van der Waals surface area contributed by atoms with Crippen molar-refractivity contribution in [2.75, 3.05) is 11.9 Å². The first-order valence-corrected chi connectivity index (χ1v) is 10.9. The number of para-hydroxylation sites is 2. The second-order valence-corrected chi connectivity index (χ2v) is 8.22. The zero-order chi connectivity index (χ0) is 19.3. The Morgan fingerprint density at radius 3 is 2.71 bits per heavy atom. The van der Waals surface area contributed by atoms with Gasteiger partial charge in [-0.25, -0.2) is 14.8 Å². The molecule has 0 radical (unpaired) electrons. The van der Waals surface area contributed by atoms with E-state index in [1.54, 1.807) is 22.7 Å². The van der Waals surface area contributed by atoms with Gasteiger partial charge in [-0.1, -0.05) is 31.2 Å². The molecule has 4 aromatic rings. The lowest BCUT2D eigenvalue weighted by Gasteiger charge is -2.10. The van der Waals surface area contributed by atoms with E-state index in [0.717, 1.165) is 50.0 Å². The van der Waals surface area contributed by atoms with Gasteiger partial charge >= 0.3 is 6.03 Å². The summed E-state index contributed by atoms with van der Waals surface area (Å²) in [7, 11) is 0. The van der Waals surface area contributed by atoms with Gasteiger partial charge in [0.1, 0.15) is 5.01 Å². The molecule has 142 valence electrons. The highest BCUT2D eigenvalue weighted by Gasteiger charge is 2.12. The van der Waals surface area contributed by atoms with Gasteiger partial charge in [-0.3, -0.25) is 0 Å². The van der Waals surface area contributed by atoms with Crippen molar-refractivity contribution in [1.82, 2.24) is 15.3 Å². The minimum absolute atomic E-state index is 0.223. The van der Waals surface area contributed by atoms with Crippen LogP contribution in [-0.2, 0) is 12.8 Å². The normalized spacial score (nSPS) is 10.9. The summed E-state index contributed by atoms with van der Waals surface area (Å²) >= 11 is 3.29. The van der Waals surface area contributed by atoms with Crippen molar-refractivity contribution >= 4 is 44.6 Å². The van der Waals surface area contributed by atoms with Crippen molar-refractivity contribution in [2.45, 2.75) is 19.8 Å². The van der Waals surface area contributed by atoms with Gasteiger partial charge in [0.05, 0.1) is 26.6 Å². The molecular weight excluding hydrogens is 388 g/mol. The van der Waals surface area contributed by atoms with E-state index in [9.17, 15) is 4.79 Å². The first-order chi connectivity index (χ1) is 13.7. The molecule has 0 bridgehead atoms. The molecule has 0 saturated heterocycles. The average molecular weight is 409 g/mol. The van der Waals surface area contributed by atoms with Crippen LogP contribution < -0.4 is 10.6 Å². The lowest BCUT2D eigenvalue weighted by atomic mass is 10.2. The number of aromatic nitrogens is 2. The highest BCUT2D eigenvalue weighted by molar-refractivity contribution is 7.21. The van der Waals surface area contributed by atoms with E-state index in [4.69, 9.17) is 4.98 Å². The minimum Gasteiger partial charge on any atom is -0.337 e. The lowest BCUT2D eigenvalue weighted by Crippen LogP contribution is -2.30. The zero-order valence-electron chi connectivity index (χ0n) is 15.4. The Balaban J connectivity index is 1.42. The third-order valence-corrected chi connectivity index (χ3v) is 6.38. The van der Waals surface area contributed by atoms with Gasteiger partial charge in [0, 0.05) is 23.9 Å². The van der Waals surface area contributed by atoms with Crippen LogP contribution in [0.4, 0.5) is 10.5 Å². The van der Waals surface area contributed by atoms with E-state index in [0.29, 0.717) is 6.54 Å². The van der Waals surface area contributed by atoms with Gasteiger partial charge in [0.25, 0.3) is 0 Å². The van der Waals surface area contributed by atoms with Crippen LogP contribution in [0.2, 0.25) is 0 Å². The maximum Gasteiger partial charge on any atom is 0.319 e. The van der Waals surface area contributed by atoms with Crippen LogP contribution >= 0.6 is 22.7 Å². The van der Waals surface area contributed by atoms with Gasteiger partial charge < -0.3 is 10.6 Å². The molecule has 4 rings (SSSR count). The van der Waals surface area contributed by atoms with E-state index >= 15 is 0 Å². The maximum absolute atomic E-state index is 12.4. The number of urea groups is 1. The van der Waals surface area contributed by atoms with Gasteiger partial charge in [-0.2, -0.15) is 0 Å². The molecule has 2 aromatic carbocycles. The van der Waals surface area contributed by atoms with Crippen LogP contribution in [0.1, 0.15) is 17.6 Å². The smallest absolute Gasteiger partial charge is 0.319 e. The molecule has 0 saturated carbocycles. The van der Waals surface area contributed by atoms with Crippen molar-refractivity contribution in [1.29, 1.82) is 0 Å². The van der Waals surface area contributed by atoms with Gasteiger partial charge in [-0.15, -0.1) is 22.7 Å². The van der Waals surface area contributed by atoms with Crippen molar-refractivity contribution in [3.8, 4) is 10.6 Å². The summed E-state index contributed by atoms with van der Waals surface area (Å²) in [4.78, 5) is 21.6. The second kappa shape index (κ2) is 8.50. The first kappa shape index (κ1) is 18.6. The molecule has 2 aromatic heterocycles. The van der Waals surface area contributed by atoms with E-state index in [2.05, 4.69) is 34.0 Å². The Hall–Kier alpha value is -2.77. The molecule has 0 aliphatic carbocycles. The summed E-state index contributed by atoms with van der Waals surface area (Å²) in [5.41, 5.74) is 3.67. The molecule has 5 nitrogen and oxygen atoms in total. The van der Waals surface area contributed by atoms with Crippen LogP contribution in [0.3, 0.4) is 0 Å². The topological polar surface area (TPSA) is 66.9 Å². The fourth-order valence-electron chi connectivity index (χ4n) is 2.86. The maximum atomic E-state index is 12.4. The standard InChI is InChI=1S/C21H20N4OS2/c1-2-19-23-14(13-27-19)11-12-22-21(26)25-16-8-4-3-7-15(16)20-24-17-9-5-6-10-18(17)28-20/h3-10,13H,2,11-12H2,1H3,(H2,22,25,26). The number of benzene rings is 2. The average Bonchev–Trinajstić information content (AvgIpc) is 3.35. The van der Waals surface area contributed by atoms with Crippen LogP contribution in [0.15, 0.2) is 53.9 Å². The number of carbonyl (C=O) groups is 1. The SMILES string of the molecule is CCc1nc(CCNC(=O)Nc2ccccc2-c2nc3ccccc3s2)cs1. The van der Waals surface area contributed by atoms with E-state index in [1.807, 2.05) is 42.5 Å². The second-order valence-electron chi connectivity index (χ2n) is 6.25. The number of hydrogen-bond donors (Lipinski definition) is 2. The lowest BCUT2D eigenvalue weighted by molar-refractivity contribution is 0.252. The van der Waals surface area contributed by atoms with Crippen molar-refractivity contribution < 1.29 is 4.79 Å². The van der Waals surface area contributed by atoms with Crippen molar-refractivity contribution in [3.63, 3.8) is 0 Å². The summed E-state index contributed by atoms with van der Waals surface area (Å²) in [5, 5.41) is 9.94. The van der Waals surface area contributed by atoms with Gasteiger partial charge in [0.2, 0.25) is 0 Å². The highest BCUT2D eigenvalue weighted by atomic mass is 32.1. The molecule has 7 heteroatoms. The van der Waals surface area contributed by atoms with E-state index < -0.39 is 0 Å². The van der Waals surface area contributed by atoms with Crippen LogP contribution in [0.5, 0.6) is 0 Å². The predicted octanol–water partition coefficient (Wildman–Crippen LogP) is 5.35. The molecular formula is C21H20N4OS2. The largest absolute Gasteiger partial charge is 0.337 e. The number of amides is 2. The number of nitrogens with zero attached hydrogens (tertiary/aromatic N) is 2. The summed E-state index contributed by atoms with van der Waals surface area (Å²) in [6, 6.07) is 15.6. The fourth-order valence-corrected chi connectivity index (χ4v) is 4.65. The number of nitrogens with one attached hydrogen (secondary N) is 2. The Bertz CT molecular complexity index is 1070. The Morgan fingerprint density at radius 1 is 1.07 bits per heavy atom. The number of thiazole rings is 2. The Kier molecular flexibility index (Phi) is 5.64. The number of hydrogen-bond acceptors (Lipinski definition) is 5. The third-order valence-electron chi connectivity index (χ3n) is 4.27. The Morgan fingerprint density at radius 2 is 1.89 bits per heavy atom. The van der Waals surface area contributed by atoms with Crippen molar-refractivity contribution in [2.24, 2.45) is 0 Å². The number of rotatable bonds is 6. The molecule has 0 unspecified atom stereocenters. The van der Waals surface area contributed by atoms with Gasteiger partial charge in [0.15, 0.2) is 0 Å². The Labute approximate surface area is 171 Å². The van der Waals surface area contributed by atoms with Crippen LogP contribution in [-0.4, -0.2) is 22.5 Å². The number of anilines is 1. The first-order valence-electron chi connectivity index (χ1n) is 9.16. The predicted molar refractivity (Wildman–Crippen MR) is 117 cm³/mol. The zero-order valence-corrected chi connectivity index (χ0v) is 17.1. The fraction of sp³-hybridized carbons (Fsp3) is 0.190. The number of aryl methyl sites for hydroxylation is 1. The van der Waals surface area contributed by atoms with Crippen LogP contribution in [0, 0.1) is 0 Å². The highest BCUT2D eigenvalue weighted by Crippen LogP contribution is 2.34. The minimum atomic E-state index is -0.223. The van der Waals surface area contributed by atoms with E-state index in [1.165, 1.54) is 0 Å². The molecule has 0 spiro atoms. The van der Waals surface area contributed by atoms with Crippen LogP contribution in [0.25, 0.3) is 20.8 Å². The quantitative estimate of drug-likeness (QED) is 0.452. The molecule has 2 heterocycles. The summed E-state index contributed by atoms with van der Waals surface area (Å²) in [5.74, 6) is 0. The molecule has 0 fully saturated rings. The van der Waals surface area contributed by atoms with Gasteiger partial charge in [-0.05, 0) is 30.7 Å². The third kappa shape index (κ3) is 4.21. The molecule has 2 N–H and O–H groups in total. The summed E-state index contributed by atoms with van der Waals surface area (Å²) in [6.45, 7) is 2.64.